The molecule has 0 spiro atoms. The van der Waals surface area contributed by atoms with Crippen molar-refractivity contribution in [3.63, 3.8) is 0 Å². The van der Waals surface area contributed by atoms with E-state index < -0.39 is 17.5 Å². The Morgan fingerprint density at radius 1 is 1.13 bits per heavy atom. The number of nitrogen functional groups attached to an aromatic ring is 1. The first-order valence-electron chi connectivity index (χ1n) is 12.6. The van der Waals surface area contributed by atoms with Crippen LogP contribution in [0.25, 0.3) is 17.2 Å². The Balaban J connectivity index is 1.26. The second-order valence-electron chi connectivity index (χ2n) is 9.46. The molecule has 0 saturated carbocycles. The number of fused-ring (bicyclic) bond motifs is 1. The SMILES string of the molecule is Nc1ccc(/C=C/C(=O)CCC2Cc3cc(-c4cc(F)c(C(=O)N5CCOCC5)cc4F)cc(Cl)c3O2)cn1. The number of nitrogens with zero attached hydrogens (tertiary/aromatic N) is 2. The zero-order valence-corrected chi connectivity index (χ0v) is 21.7. The highest BCUT2D eigenvalue weighted by atomic mass is 35.5. The number of nitrogens with two attached hydrogens (primary N) is 1. The largest absolute Gasteiger partial charge is 0.488 e. The molecule has 7 nitrogen and oxygen atoms in total. The second-order valence-corrected chi connectivity index (χ2v) is 9.87. The van der Waals surface area contributed by atoms with Crippen molar-refractivity contribution >= 4 is 35.2 Å². The van der Waals surface area contributed by atoms with E-state index in [1.807, 2.05) is 0 Å². The lowest BCUT2D eigenvalue weighted by Gasteiger charge is -2.27. The maximum Gasteiger partial charge on any atom is 0.257 e. The van der Waals surface area contributed by atoms with Crippen LogP contribution in [0.4, 0.5) is 14.6 Å². The van der Waals surface area contributed by atoms with Crippen LogP contribution < -0.4 is 10.5 Å². The normalized spacial score (nSPS) is 16.8. The van der Waals surface area contributed by atoms with Crippen molar-refractivity contribution in [2.75, 3.05) is 32.0 Å². The van der Waals surface area contributed by atoms with Crippen LogP contribution in [0.1, 0.15) is 34.3 Å². The van der Waals surface area contributed by atoms with Crippen LogP contribution >= 0.6 is 11.6 Å². The molecule has 5 rings (SSSR count). The summed E-state index contributed by atoms with van der Waals surface area (Å²) in [5.41, 5.74) is 7.13. The number of carbonyl (C=O) groups is 2. The van der Waals surface area contributed by atoms with Crippen LogP contribution in [0.2, 0.25) is 5.02 Å². The van der Waals surface area contributed by atoms with Gasteiger partial charge >= 0.3 is 0 Å². The lowest BCUT2D eigenvalue weighted by molar-refractivity contribution is -0.115. The average Bonchev–Trinajstić information content (AvgIpc) is 3.36. The summed E-state index contributed by atoms with van der Waals surface area (Å²) in [6.07, 6.45) is 5.67. The number of hydrogen-bond acceptors (Lipinski definition) is 6. The molecule has 2 aliphatic heterocycles. The number of rotatable bonds is 7. The lowest BCUT2D eigenvalue weighted by atomic mass is 9.98. The van der Waals surface area contributed by atoms with Crippen LogP contribution in [0.3, 0.4) is 0 Å². The Labute approximate surface area is 229 Å². The Hall–Kier alpha value is -3.82. The number of amides is 1. The van der Waals surface area contributed by atoms with Crippen LogP contribution in [0, 0.1) is 11.6 Å². The van der Waals surface area contributed by atoms with Gasteiger partial charge in [-0.3, -0.25) is 9.59 Å². The maximum atomic E-state index is 15.1. The lowest BCUT2D eigenvalue weighted by Crippen LogP contribution is -2.41. The molecule has 3 aromatic rings. The van der Waals surface area contributed by atoms with Crippen molar-refractivity contribution < 1.29 is 27.8 Å². The number of carbonyl (C=O) groups excluding carboxylic acids is 2. The molecule has 10 heteroatoms. The zero-order chi connectivity index (χ0) is 27.5. The number of aromatic nitrogens is 1. The molecule has 1 unspecified atom stereocenters. The van der Waals surface area contributed by atoms with E-state index in [4.69, 9.17) is 26.8 Å². The molecule has 0 bridgehead atoms. The third kappa shape index (κ3) is 6.10. The van der Waals surface area contributed by atoms with Gasteiger partial charge in [-0.05, 0) is 71.7 Å². The topological polar surface area (TPSA) is 94.8 Å². The van der Waals surface area contributed by atoms with Crippen molar-refractivity contribution in [2.45, 2.75) is 25.4 Å². The minimum absolute atomic E-state index is 0.00310. The van der Waals surface area contributed by atoms with E-state index in [2.05, 4.69) is 4.98 Å². The monoisotopic (exact) mass is 553 g/mol. The van der Waals surface area contributed by atoms with Gasteiger partial charge in [0.2, 0.25) is 0 Å². The number of allylic oxidation sites excluding steroid dienone is 1. The first kappa shape index (κ1) is 26.8. The molecule has 2 aliphatic rings. The van der Waals surface area contributed by atoms with Gasteiger partial charge in [0.1, 0.15) is 29.3 Å². The van der Waals surface area contributed by atoms with Crippen molar-refractivity contribution in [2.24, 2.45) is 0 Å². The van der Waals surface area contributed by atoms with Gasteiger partial charge in [0.25, 0.3) is 5.91 Å². The first-order chi connectivity index (χ1) is 18.8. The van der Waals surface area contributed by atoms with Gasteiger partial charge < -0.3 is 20.1 Å². The smallest absolute Gasteiger partial charge is 0.257 e. The quantitative estimate of drug-likeness (QED) is 0.409. The van der Waals surface area contributed by atoms with Gasteiger partial charge in [0.15, 0.2) is 5.78 Å². The van der Waals surface area contributed by atoms with Crippen LogP contribution in [-0.4, -0.2) is 54.0 Å². The predicted octanol–water partition coefficient (Wildman–Crippen LogP) is 5.10. The Morgan fingerprint density at radius 3 is 2.67 bits per heavy atom. The molecule has 39 heavy (non-hydrogen) atoms. The van der Waals surface area contributed by atoms with Gasteiger partial charge in [-0.1, -0.05) is 11.6 Å². The third-order valence-electron chi connectivity index (χ3n) is 6.73. The van der Waals surface area contributed by atoms with Gasteiger partial charge in [-0.2, -0.15) is 0 Å². The Kier molecular flexibility index (Phi) is 7.90. The van der Waals surface area contributed by atoms with E-state index in [1.165, 1.54) is 17.0 Å². The summed E-state index contributed by atoms with van der Waals surface area (Å²) in [5.74, 6) is -1.30. The summed E-state index contributed by atoms with van der Waals surface area (Å²) in [6, 6.07) is 8.60. The van der Waals surface area contributed by atoms with Gasteiger partial charge in [0.05, 0.1) is 23.8 Å². The molecule has 1 atom stereocenters. The fraction of sp³-hybridized carbons (Fsp3) is 0.276. The minimum atomic E-state index is -0.810. The van der Waals surface area contributed by atoms with Gasteiger partial charge in [0, 0.05) is 37.7 Å². The maximum absolute atomic E-state index is 15.1. The molecule has 1 amide bonds. The number of hydrogen-bond donors (Lipinski definition) is 1. The van der Waals surface area contributed by atoms with E-state index in [0.29, 0.717) is 56.3 Å². The van der Waals surface area contributed by atoms with Gasteiger partial charge in [-0.15, -0.1) is 0 Å². The number of morpholine rings is 1. The van der Waals surface area contributed by atoms with E-state index in [1.54, 1.807) is 30.5 Å². The number of pyridine rings is 1. The fourth-order valence-electron chi connectivity index (χ4n) is 4.66. The van der Waals surface area contributed by atoms with Crippen LogP contribution in [-0.2, 0) is 16.0 Å². The van der Waals surface area contributed by atoms with Crippen LogP contribution in [0.5, 0.6) is 5.75 Å². The highest BCUT2D eigenvalue weighted by molar-refractivity contribution is 6.32. The molecule has 0 aliphatic carbocycles. The highest BCUT2D eigenvalue weighted by Crippen LogP contribution is 2.41. The molecule has 1 saturated heterocycles. The average molecular weight is 554 g/mol. The molecule has 0 radical (unpaired) electrons. The predicted molar refractivity (Wildman–Crippen MR) is 144 cm³/mol. The molecule has 1 fully saturated rings. The van der Waals surface area contributed by atoms with E-state index in [-0.39, 0.29) is 34.5 Å². The van der Waals surface area contributed by atoms with Crippen molar-refractivity contribution in [1.82, 2.24) is 9.88 Å². The molecular formula is C29H26ClF2N3O4. The van der Waals surface area contributed by atoms with E-state index in [9.17, 15) is 14.0 Å². The van der Waals surface area contributed by atoms with Crippen molar-refractivity contribution in [3.05, 3.63) is 82.0 Å². The van der Waals surface area contributed by atoms with Gasteiger partial charge in [-0.25, -0.2) is 13.8 Å². The first-order valence-corrected chi connectivity index (χ1v) is 12.9. The molecule has 202 valence electrons. The summed E-state index contributed by atoms with van der Waals surface area (Å²) in [7, 11) is 0. The Morgan fingerprint density at radius 2 is 1.92 bits per heavy atom. The number of halogens is 3. The fourth-order valence-corrected chi connectivity index (χ4v) is 4.95. The summed E-state index contributed by atoms with van der Waals surface area (Å²) < 4.78 is 41.3. The third-order valence-corrected chi connectivity index (χ3v) is 7.01. The van der Waals surface area contributed by atoms with Crippen LogP contribution in [0.15, 0.2) is 48.7 Å². The second kappa shape index (κ2) is 11.5. The molecule has 3 heterocycles. The molecule has 1 aromatic heterocycles. The molecular weight excluding hydrogens is 528 g/mol. The zero-order valence-electron chi connectivity index (χ0n) is 21.0. The minimum Gasteiger partial charge on any atom is -0.488 e. The number of ether oxygens (including phenoxy) is 2. The van der Waals surface area contributed by atoms with Crippen molar-refractivity contribution in [1.29, 1.82) is 0 Å². The molecule has 2 aromatic carbocycles. The highest BCUT2D eigenvalue weighted by Gasteiger charge is 2.28. The molecule has 2 N–H and O–H groups in total. The number of ketones is 1. The summed E-state index contributed by atoms with van der Waals surface area (Å²) in [5, 5.41) is 0.264. The number of anilines is 1. The number of benzene rings is 2. The summed E-state index contributed by atoms with van der Waals surface area (Å²) in [4.78, 5) is 30.5. The Bertz CT molecular complexity index is 1440. The van der Waals surface area contributed by atoms with E-state index >= 15 is 4.39 Å². The standard InChI is InChI=1S/C29H26ClF2N3O4/c30-24-13-18(22-14-26(32)23(15-25(22)31)29(37)35-7-9-38-10-8-35)11-19-12-21(39-28(19)24)5-4-20(36)3-1-17-2-6-27(33)34-16-17/h1-3,6,11,13-16,21H,4-5,7-10,12H2,(H2,33,34)/b3-1+. The van der Waals surface area contributed by atoms with E-state index in [0.717, 1.165) is 23.3 Å². The van der Waals surface area contributed by atoms with Crippen molar-refractivity contribution in [3.8, 4) is 16.9 Å². The summed E-state index contributed by atoms with van der Waals surface area (Å²) in [6.45, 7) is 1.37. The summed E-state index contributed by atoms with van der Waals surface area (Å²) >= 11 is 6.45.